The van der Waals surface area contributed by atoms with E-state index < -0.39 is 0 Å². The maximum absolute atomic E-state index is 10.4. The zero-order valence-corrected chi connectivity index (χ0v) is 11.6. The lowest BCUT2D eigenvalue weighted by molar-refractivity contribution is 0.565. The van der Waals surface area contributed by atoms with Crippen LogP contribution in [0.4, 0.5) is 5.82 Å². The van der Waals surface area contributed by atoms with Crippen molar-refractivity contribution in [3.8, 4) is 5.69 Å². The van der Waals surface area contributed by atoms with Gasteiger partial charge in [0, 0.05) is 6.07 Å². The predicted molar refractivity (Wildman–Crippen MR) is 74.8 cm³/mol. The average Bonchev–Trinajstić information content (AvgIpc) is 2.70. The normalized spacial score (nSPS) is 11.2. The Morgan fingerprint density at radius 3 is 2.37 bits per heavy atom. The van der Waals surface area contributed by atoms with Crippen LogP contribution < -0.4 is 0 Å². The molecule has 0 bridgehead atoms. The van der Waals surface area contributed by atoms with Crippen LogP contribution in [0.2, 0.25) is 0 Å². The number of hydrogen-bond acceptors (Lipinski definition) is 3. The number of nitrogens with zero attached hydrogens (tertiary/aromatic N) is 3. The molecule has 1 aromatic carbocycles. The lowest BCUT2D eigenvalue weighted by atomic mass is 9.87. The summed E-state index contributed by atoms with van der Waals surface area (Å²) in [5, 5.41) is 4.34. The fourth-order valence-electron chi connectivity index (χ4n) is 1.90. The number of aromatic nitrogens is 2. The van der Waals surface area contributed by atoms with Gasteiger partial charge < -0.3 is 0 Å². The molecule has 0 spiro atoms. The SMILES string of the molecule is Cc1cc(N=C=O)n(-c2ccc(C(C)(C)C)cc2)n1. The van der Waals surface area contributed by atoms with Gasteiger partial charge in [0.25, 0.3) is 0 Å². The first kappa shape index (κ1) is 13.2. The van der Waals surface area contributed by atoms with Gasteiger partial charge in [-0.3, -0.25) is 0 Å². The van der Waals surface area contributed by atoms with Crippen molar-refractivity contribution in [2.75, 3.05) is 0 Å². The van der Waals surface area contributed by atoms with Crippen LogP contribution in [-0.4, -0.2) is 15.9 Å². The molecule has 1 heterocycles. The highest BCUT2D eigenvalue weighted by Gasteiger charge is 2.14. The smallest absolute Gasteiger partial charge is 0.214 e. The summed E-state index contributed by atoms with van der Waals surface area (Å²) in [6.07, 6.45) is 1.56. The zero-order valence-electron chi connectivity index (χ0n) is 11.6. The third kappa shape index (κ3) is 2.80. The quantitative estimate of drug-likeness (QED) is 0.609. The molecule has 0 unspecified atom stereocenters. The van der Waals surface area contributed by atoms with Crippen LogP contribution in [-0.2, 0) is 10.2 Å². The first-order chi connectivity index (χ1) is 8.91. The molecule has 98 valence electrons. The third-order valence-corrected chi connectivity index (χ3v) is 2.95. The second-order valence-corrected chi connectivity index (χ2v) is 5.56. The molecule has 19 heavy (non-hydrogen) atoms. The largest absolute Gasteiger partial charge is 0.242 e. The predicted octanol–water partition coefficient (Wildman–Crippen LogP) is 3.45. The number of rotatable bonds is 2. The molecule has 0 amide bonds. The van der Waals surface area contributed by atoms with Crippen LogP contribution in [0.15, 0.2) is 35.3 Å². The Balaban J connectivity index is 2.45. The van der Waals surface area contributed by atoms with Gasteiger partial charge in [0.15, 0.2) is 5.82 Å². The Morgan fingerprint density at radius 1 is 1.21 bits per heavy atom. The second-order valence-electron chi connectivity index (χ2n) is 5.56. The van der Waals surface area contributed by atoms with Crippen LogP contribution in [0.3, 0.4) is 0 Å². The van der Waals surface area contributed by atoms with Crippen LogP contribution >= 0.6 is 0 Å². The van der Waals surface area contributed by atoms with Gasteiger partial charge in [-0.2, -0.15) is 5.10 Å². The number of benzene rings is 1. The summed E-state index contributed by atoms with van der Waals surface area (Å²) in [5.41, 5.74) is 3.06. The first-order valence-electron chi connectivity index (χ1n) is 6.17. The fraction of sp³-hybridized carbons (Fsp3) is 0.333. The molecule has 0 atom stereocenters. The van der Waals surface area contributed by atoms with Crippen LogP contribution in [0.5, 0.6) is 0 Å². The maximum Gasteiger partial charge on any atom is 0.242 e. The Labute approximate surface area is 112 Å². The summed E-state index contributed by atoms with van der Waals surface area (Å²) in [5.74, 6) is 0.496. The summed E-state index contributed by atoms with van der Waals surface area (Å²) in [4.78, 5) is 14.1. The van der Waals surface area contributed by atoms with Crippen molar-refractivity contribution in [2.24, 2.45) is 4.99 Å². The number of hydrogen-bond donors (Lipinski definition) is 0. The highest BCUT2D eigenvalue weighted by Crippen LogP contribution is 2.25. The van der Waals surface area contributed by atoms with E-state index in [9.17, 15) is 4.79 Å². The first-order valence-corrected chi connectivity index (χ1v) is 6.17. The fourth-order valence-corrected chi connectivity index (χ4v) is 1.90. The Hall–Kier alpha value is -2.19. The monoisotopic (exact) mass is 255 g/mol. The lowest BCUT2D eigenvalue weighted by Crippen LogP contribution is -2.10. The minimum atomic E-state index is 0.113. The van der Waals surface area contributed by atoms with Gasteiger partial charge in [-0.25, -0.2) is 9.48 Å². The van der Waals surface area contributed by atoms with E-state index >= 15 is 0 Å². The van der Waals surface area contributed by atoms with E-state index in [0.717, 1.165) is 11.4 Å². The van der Waals surface area contributed by atoms with Gasteiger partial charge in [-0.05, 0) is 30.0 Å². The molecule has 0 saturated heterocycles. The molecule has 1 aromatic heterocycles. The number of isocyanates is 1. The average molecular weight is 255 g/mol. The number of aryl methyl sites for hydroxylation is 1. The molecule has 4 heteroatoms. The molecule has 0 aliphatic heterocycles. The van der Waals surface area contributed by atoms with E-state index in [1.54, 1.807) is 16.8 Å². The molecule has 2 aromatic rings. The van der Waals surface area contributed by atoms with Crippen molar-refractivity contribution in [1.82, 2.24) is 9.78 Å². The van der Waals surface area contributed by atoms with Crippen molar-refractivity contribution < 1.29 is 4.79 Å². The highest BCUT2D eigenvalue weighted by molar-refractivity contribution is 5.50. The van der Waals surface area contributed by atoms with E-state index in [4.69, 9.17) is 0 Å². The van der Waals surface area contributed by atoms with E-state index in [1.165, 1.54) is 5.56 Å². The van der Waals surface area contributed by atoms with Crippen LogP contribution in [0.1, 0.15) is 32.0 Å². The van der Waals surface area contributed by atoms with Gasteiger partial charge in [0.1, 0.15) is 0 Å². The Morgan fingerprint density at radius 2 is 1.84 bits per heavy atom. The summed E-state index contributed by atoms with van der Waals surface area (Å²) < 4.78 is 1.65. The highest BCUT2D eigenvalue weighted by atomic mass is 16.1. The van der Waals surface area contributed by atoms with E-state index in [-0.39, 0.29) is 5.41 Å². The molecule has 2 rings (SSSR count). The second kappa shape index (κ2) is 4.82. The summed E-state index contributed by atoms with van der Waals surface area (Å²) in [7, 11) is 0. The van der Waals surface area contributed by atoms with Crippen molar-refractivity contribution in [1.29, 1.82) is 0 Å². The minimum Gasteiger partial charge on any atom is -0.214 e. The molecule has 0 aliphatic carbocycles. The number of carbonyl (C=O) groups excluding carboxylic acids is 1. The van der Waals surface area contributed by atoms with Gasteiger partial charge in [0.05, 0.1) is 11.4 Å². The molecule has 0 N–H and O–H groups in total. The third-order valence-electron chi connectivity index (χ3n) is 2.95. The van der Waals surface area contributed by atoms with Gasteiger partial charge >= 0.3 is 0 Å². The van der Waals surface area contributed by atoms with Gasteiger partial charge in [-0.1, -0.05) is 32.9 Å². The van der Waals surface area contributed by atoms with E-state index in [0.29, 0.717) is 5.82 Å². The molecule has 0 radical (unpaired) electrons. The summed E-state index contributed by atoms with van der Waals surface area (Å²) >= 11 is 0. The molecular weight excluding hydrogens is 238 g/mol. The molecule has 0 saturated carbocycles. The van der Waals surface area contributed by atoms with Crippen LogP contribution in [0.25, 0.3) is 5.69 Å². The maximum atomic E-state index is 10.4. The lowest BCUT2D eigenvalue weighted by Gasteiger charge is -2.19. The van der Waals surface area contributed by atoms with Gasteiger partial charge in [-0.15, -0.1) is 4.99 Å². The van der Waals surface area contributed by atoms with Crippen molar-refractivity contribution in [2.45, 2.75) is 33.1 Å². The minimum absolute atomic E-state index is 0.113. The standard InChI is InChI=1S/C15H17N3O/c1-11-9-14(16-10-19)18(17-11)13-7-5-12(6-8-13)15(2,3)4/h5-9H,1-4H3. The van der Waals surface area contributed by atoms with Gasteiger partial charge in [0.2, 0.25) is 6.08 Å². The van der Waals surface area contributed by atoms with Crippen LogP contribution in [0, 0.1) is 6.92 Å². The van der Waals surface area contributed by atoms with Crippen molar-refractivity contribution in [3.63, 3.8) is 0 Å². The summed E-state index contributed by atoms with van der Waals surface area (Å²) in [6, 6.07) is 9.86. The zero-order chi connectivity index (χ0) is 14.0. The summed E-state index contributed by atoms with van der Waals surface area (Å²) in [6.45, 7) is 8.37. The van der Waals surface area contributed by atoms with E-state index in [1.807, 2.05) is 19.1 Å². The molecule has 4 nitrogen and oxygen atoms in total. The van der Waals surface area contributed by atoms with Crippen molar-refractivity contribution in [3.05, 3.63) is 41.6 Å². The number of aliphatic imine (C=N–C) groups is 1. The topological polar surface area (TPSA) is 47.2 Å². The molecule has 0 fully saturated rings. The Bertz CT molecular complexity index is 626. The van der Waals surface area contributed by atoms with Crippen molar-refractivity contribution >= 4 is 11.9 Å². The molecule has 0 aliphatic rings. The Kier molecular flexibility index (Phi) is 3.36. The van der Waals surface area contributed by atoms with E-state index in [2.05, 4.69) is 43.0 Å². The molecular formula is C15H17N3O.